The zero-order valence-corrected chi connectivity index (χ0v) is 20.7. The second kappa shape index (κ2) is 11.6. The van der Waals surface area contributed by atoms with E-state index in [0.29, 0.717) is 19.6 Å². The van der Waals surface area contributed by atoms with E-state index in [1.807, 2.05) is 74.5 Å². The average Bonchev–Trinajstić information content (AvgIpc) is 3.21. The molecule has 4 rings (SSSR count). The zero-order chi connectivity index (χ0) is 24.6. The van der Waals surface area contributed by atoms with Gasteiger partial charge in [-0.1, -0.05) is 42.0 Å². The Bertz CT molecular complexity index is 1300. The topological polar surface area (TPSA) is 65.4 Å². The molecule has 1 N–H and O–H groups in total. The van der Waals surface area contributed by atoms with Crippen molar-refractivity contribution in [2.45, 2.75) is 39.7 Å². The second-order valence-electron chi connectivity index (χ2n) is 8.70. The minimum atomic E-state index is -0.0429. The number of hydrogen-bond acceptors (Lipinski definition) is 4. The molecule has 0 atom stereocenters. The number of aryl methyl sites for hydroxylation is 3. The number of amides is 1. The van der Waals surface area contributed by atoms with E-state index in [4.69, 9.17) is 14.5 Å². The Morgan fingerprint density at radius 3 is 2.54 bits per heavy atom. The summed E-state index contributed by atoms with van der Waals surface area (Å²) in [4.78, 5) is 17.5. The lowest BCUT2D eigenvalue weighted by molar-refractivity contribution is 0.0953. The Hall–Kier alpha value is -3.80. The van der Waals surface area contributed by atoms with E-state index in [1.165, 1.54) is 0 Å². The maximum atomic E-state index is 12.7. The van der Waals surface area contributed by atoms with Crippen LogP contribution in [0.15, 0.2) is 66.7 Å². The molecule has 0 aliphatic rings. The Kier molecular flexibility index (Phi) is 8.03. The van der Waals surface area contributed by atoms with Crippen LogP contribution in [0.1, 0.15) is 40.2 Å². The van der Waals surface area contributed by atoms with Crippen LogP contribution in [0.3, 0.4) is 0 Å². The number of unbranched alkanes of at least 4 members (excludes halogenated alkanes) is 1. The van der Waals surface area contributed by atoms with Crippen LogP contribution in [0.2, 0.25) is 0 Å². The molecule has 0 bridgehead atoms. The normalized spacial score (nSPS) is 10.9. The summed E-state index contributed by atoms with van der Waals surface area (Å²) in [6.45, 7) is 6.00. The molecule has 6 heteroatoms. The number of carbonyl (C=O) groups excluding carboxylic acids is 1. The summed E-state index contributed by atoms with van der Waals surface area (Å²) in [7, 11) is 1.65. The zero-order valence-electron chi connectivity index (χ0n) is 20.7. The molecule has 0 fully saturated rings. The number of aromatic nitrogens is 2. The van der Waals surface area contributed by atoms with Gasteiger partial charge in [-0.05, 0) is 62.6 Å². The number of ether oxygens (including phenoxy) is 2. The maximum Gasteiger partial charge on any atom is 0.251 e. The summed E-state index contributed by atoms with van der Waals surface area (Å²) in [6.07, 6.45) is 2.54. The standard InChI is InChI=1S/C29H33N3O3/c1-21-14-15-23(22(2)20-21)29(33)30-17-16-28-31-24-10-4-5-11-25(24)32(28)18-8-9-19-35-27-13-7-6-12-26(27)34-3/h4-7,10-15,20H,8-9,16-19H2,1-3H3,(H,30,33). The van der Waals surface area contributed by atoms with E-state index in [0.717, 1.165) is 64.4 Å². The number of hydrogen-bond donors (Lipinski definition) is 1. The molecular weight excluding hydrogens is 438 g/mol. The van der Waals surface area contributed by atoms with Crippen LogP contribution >= 0.6 is 0 Å². The summed E-state index contributed by atoms with van der Waals surface area (Å²) >= 11 is 0. The molecule has 1 heterocycles. The smallest absolute Gasteiger partial charge is 0.251 e. The predicted octanol–water partition coefficient (Wildman–Crippen LogP) is 5.49. The van der Waals surface area contributed by atoms with E-state index in [1.54, 1.807) is 7.11 Å². The number of nitrogens with zero attached hydrogens (tertiary/aromatic N) is 2. The number of para-hydroxylation sites is 4. The summed E-state index contributed by atoms with van der Waals surface area (Å²) in [5.74, 6) is 2.46. The quantitative estimate of drug-likeness (QED) is 0.294. The molecule has 4 aromatic rings. The third-order valence-electron chi connectivity index (χ3n) is 6.10. The minimum absolute atomic E-state index is 0.0429. The van der Waals surface area contributed by atoms with Gasteiger partial charge in [-0.2, -0.15) is 0 Å². The SMILES string of the molecule is COc1ccccc1OCCCCn1c(CCNC(=O)c2ccc(C)cc2C)nc2ccccc21. The van der Waals surface area contributed by atoms with Gasteiger partial charge in [-0.15, -0.1) is 0 Å². The van der Waals surface area contributed by atoms with Gasteiger partial charge in [0, 0.05) is 25.1 Å². The number of fused-ring (bicyclic) bond motifs is 1. The summed E-state index contributed by atoms with van der Waals surface area (Å²) in [5, 5.41) is 3.06. The predicted molar refractivity (Wildman–Crippen MR) is 139 cm³/mol. The van der Waals surface area contributed by atoms with E-state index < -0.39 is 0 Å². The summed E-state index contributed by atoms with van der Waals surface area (Å²) in [6, 6.07) is 21.8. The molecule has 1 aromatic heterocycles. The Morgan fingerprint density at radius 1 is 0.971 bits per heavy atom. The van der Waals surface area contributed by atoms with Gasteiger partial charge in [0.15, 0.2) is 11.5 Å². The van der Waals surface area contributed by atoms with Crippen molar-refractivity contribution in [3.8, 4) is 11.5 Å². The van der Waals surface area contributed by atoms with Gasteiger partial charge < -0.3 is 19.4 Å². The lowest BCUT2D eigenvalue weighted by Gasteiger charge is -2.12. The van der Waals surface area contributed by atoms with Crippen LogP contribution in [-0.2, 0) is 13.0 Å². The highest BCUT2D eigenvalue weighted by atomic mass is 16.5. The lowest BCUT2D eigenvalue weighted by atomic mass is 10.1. The van der Waals surface area contributed by atoms with Crippen molar-refractivity contribution in [1.82, 2.24) is 14.9 Å². The molecule has 1 amide bonds. The number of benzene rings is 3. The monoisotopic (exact) mass is 471 g/mol. The fourth-order valence-electron chi connectivity index (χ4n) is 4.31. The molecular formula is C29H33N3O3. The van der Waals surface area contributed by atoms with Crippen molar-refractivity contribution in [2.75, 3.05) is 20.3 Å². The molecule has 0 spiro atoms. The van der Waals surface area contributed by atoms with E-state index in [2.05, 4.69) is 16.0 Å². The van der Waals surface area contributed by atoms with Crippen LogP contribution in [-0.4, -0.2) is 35.7 Å². The van der Waals surface area contributed by atoms with E-state index in [9.17, 15) is 4.79 Å². The van der Waals surface area contributed by atoms with Crippen molar-refractivity contribution in [3.63, 3.8) is 0 Å². The van der Waals surface area contributed by atoms with Crippen LogP contribution in [0.4, 0.5) is 0 Å². The summed E-state index contributed by atoms with van der Waals surface area (Å²) < 4.78 is 13.5. The fraction of sp³-hybridized carbons (Fsp3) is 0.310. The molecule has 0 radical (unpaired) electrons. The third kappa shape index (κ3) is 6.01. The van der Waals surface area contributed by atoms with Crippen LogP contribution in [0.5, 0.6) is 11.5 Å². The largest absolute Gasteiger partial charge is 0.493 e. The van der Waals surface area contributed by atoms with Crippen LogP contribution in [0, 0.1) is 13.8 Å². The third-order valence-corrected chi connectivity index (χ3v) is 6.10. The molecule has 0 aliphatic carbocycles. The first-order chi connectivity index (χ1) is 17.1. The van der Waals surface area contributed by atoms with E-state index >= 15 is 0 Å². The van der Waals surface area contributed by atoms with Crippen LogP contribution in [0.25, 0.3) is 11.0 Å². The van der Waals surface area contributed by atoms with Crippen molar-refractivity contribution in [1.29, 1.82) is 0 Å². The highest BCUT2D eigenvalue weighted by Crippen LogP contribution is 2.26. The highest BCUT2D eigenvalue weighted by molar-refractivity contribution is 5.95. The number of imidazole rings is 1. The number of rotatable bonds is 11. The maximum absolute atomic E-state index is 12.7. The molecule has 0 saturated heterocycles. The van der Waals surface area contributed by atoms with Crippen molar-refractivity contribution >= 4 is 16.9 Å². The lowest BCUT2D eigenvalue weighted by Crippen LogP contribution is -2.27. The van der Waals surface area contributed by atoms with Crippen molar-refractivity contribution in [3.05, 3.63) is 89.2 Å². The molecule has 182 valence electrons. The first-order valence-corrected chi connectivity index (χ1v) is 12.1. The van der Waals surface area contributed by atoms with Crippen molar-refractivity contribution < 1.29 is 14.3 Å². The highest BCUT2D eigenvalue weighted by Gasteiger charge is 2.12. The number of carbonyl (C=O) groups is 1. The van der Waals surface area contributed by atoms with Gasteiger partial charge in [0.2, 0.25) is 0 Å². The molecule has 35 heavy (non-hydrogen) atoms. The number of methoxy groups -OCH3 is 1. The fourth-order valence-corrected chi connectivity index (χ4v) is 4.31. The Labute approximate surface area is 206 Å². The molecule has 0 saturated carbocycles. The second-order valence-corrected chi connectivity index (χ2v) is 8.70. The number of nitrogens with one attached hydrogen (secondary N) is 1. The minimum Gasteiger partial charge on any atom is -0.493 e. The van der Waals surface area contributed by atoms with Gasteiger partial charge in [0.1, 0.15) is 5.82 Å². The van der Waals surface area contributed by atoms with Gasteiger partial charge >= 0.3 is 0 Å². The Balaban J connectivity index is 1.34. The van der Waals surface area contributed by atoms with E-state index in [-0.39, 0.29) is 5.91 Å². The van der Waals surface area contributed by atoms with Crippen LogP contribution < -0.4 is 14.8 Å². The Morgan fingerprint density at radius 2 is 1.74 bits per heavy atom. The molecule has 0 aliphatic heterocycles. The first-order valence-electron chi connectivity index (χ1n) is 12.1. The molecule has 3 aromatic carbocycles. The summed E-state index contributed by atoms with van der Waals surface area (Å²) in [5.41, 5.74) is 4.97. The average molecular weight is 472 g/mol. The molecule has 6 nitrogen and oxygen atoms in total. The van der Waals surface area contributed by atoms with Gasteiger partial charge in [-0.25, -0.2) is 4.98 Å². The van der Waals surface area contributed by atoms with Gasteiger partial charge in [0.25, 0.3) is 5.91 Å². The van der Waals surface area contributed by atoms with Crippen molar-refractivity contribution in [2.24, 2.45) is 0 Å². The van der Waals surface area contributed by atoms with Gasteiger partial charge in [0.05, 0.1) is 24.8 Å². The van der Waals surface area contributed by atoms with Gasteiger partial charge in [-0.3, -0.25) is 4.79 Å². The first kappa shape index (κ1) is 24.3. The molecule has 0 unspecified atom stereocenters.